The van der Waals surface area contributed by atoms with Gasteiger partial charge in [-0.05, 0) is 30.7 Å². The zero-order valence-corrected chi connectivity index (χ0v) is 11.4. The van der Waals surface area contributed by atoms with Gasteiger partial charge in [-0.15, -0.1) is 0 Å². The van der Waals surface area contributed by atoms with E-state index in [-0.39, 0.29) is 5.25 Å². The maximum absolute atomic E-state index is 4.68. The quantitative estimate of drug-likeness (QED) is 0.724. The van der Waals surface area contributed by atoms with Crippen LogP contribution < -0.4 is 0 Å². The van der Waals surface area contributed by atoms with Crippen LogP contribution in [-0.4, -0.2) is 15.0 Å². The molecule has 1 atom stereocenters. The Bertz CT molecular complexity index is 722. The van der Waals surface area contributed by atoms with Crippen molar-refractivity contribution in [3.63, 3.8) is 0 Å². The average molecular weight is 267 g/mol. The Morgan fingerprint density at radius 3 is 2.74 bits per heavy atom. The second-order valence-electron chi connectivity index (χ2n) is 4.44. The molecule has 94 valence electrons. The number of para-hydroxylation sites is 1. The smallest absolute Gasteiger partial charge is 0.116 e. The van der Waals surface area contributed by atoms with E-state index in [1.807, 2.05) is 43.3 Å². The summed E-state index contributed by atoms with van der Waals surface area (Å²) < 4.78 is 0. The monoisotopic (exact) mass is 267 g/mol. The Morgan fingerprint density at radius 2 is 1.89 bits per heavy atom. The minimum atomic E-state index is -0.146. The summed E-state index contributed by atoms with van der Waals surface area (Å²) >= 11 is 4.68. The molecule has 0 fully saturated rings. The Morgan fingerprint density at radius 1 is 1.05 bits per heavy atom. The maximum Gasteiger partial charge on any atom is 0.116 e. The van der Waals surface area contributed by atoms with E-state index in [2.05, 4.69) is 27.6 Å². The molecule has 0 aliphatic heterocycles. The molecule has 0 saturated carbocycles. The zero-order valence-electron chi connectivity index (χ0n) is 10.5. The second-order valence-corrected chi connectivity index (χ2v) is 4.95. The van der Waals surface area contributed by atoms with Gasteiger partial charge in [-0.3, -0.25) is 4.98 Å². The topological polar surface area (TPSA) is 38.7 Å². The van der Waals surface area contributed by atoms with E-state index in [9.17, 15) is 0 Å². The van der Waals surface area contributed by atoms with Crippen molar-refractivity contribution in [2.75, 3.05) is 0 Å². The molecule has 0 aliphatic carbocycles. The highest BCUT2D eigenvalue weighted by atomic mass is 32.1. The van der Waals surface area contributed by atoms with Crippen LogP contribution in [0.5, 0.6) is 0 Å². The molecule has 0 bridgehead atoms. The van der Waals surface area contributed by atoms with Crippen LogP contribution in [-0.2, 0) is 0 Å². The molecule has 4 heteroatoms. The molecule has 0 aliphatic rings. The van der Waals surface area contributed by atoms with E-state index in [0.29, 0.717) is 0 Å². The number of nitrogens with zero attached hydrogens (tertiary/aromatic N) is 3. The van der Waals surface area contributed by atoms with E-state index in [1.54, 1.807) is 12.5 Å². The fourth-order valence-corrected chi connectivity index (χ4v) is 2.44. The minimum Gasteiger partial charge on any atom is -0.260 e. The fourth-order valence-electron chi connectivity index (χ4n) is 2.09. The van der Waals surface area contributed by atoms with Gasteiger partial charge in [0, 0.05) is 11.6 Å². The molecular formula is C15H13N3S. The standard InChI is InChI=1S/C15H13N3S/c1-10-6-7-16-13(8-10)15(19)14-11-4-2-3-5-12(11)17-9-18-14/h2-9,15,19H,1H3. The van der Waals surface area contributed by atoms with Crippen LogP contribution in [0.4, 0.5) is 0 Å². The summed E-state index contributed by atoms with van der Waals surface area (Å²) in [7, 11) is 0. The van der Waals surface area contributed by atoms with Crippen LogP contribution in [0.2, 0.25) is 0 Å². The summed E-state index contributed by atoms with van der Waals surface area (Å²) in [5.41, 5.74) is 3.90. The highest BCUT2D eigenvalue weighted by molar-refractivity contribution is 7.80. The summed E-state index contributed by atoms with van der Waals surface area (Å²) in [6, 6.07) is 12.0. The number of pyridine rings is 1. The van der Waals surface area contributed by atoms with E-state index >= 15 is 0 Å². The SMILES string of the molecule is Cc1ccnc(C(S)c2ncnc3ccccc23)c1. The lowest BCUT2D eigenvalue weighted by atomic mass is 10.1. The first-order valence-corrected chi connectivity index (χ1v) is 6.57. The predicted octanol–water partition coefficient (Wildman–Crippen LogP) is 3.35. The van der Waals surface area contributed by atoms with Gasteiger partial charge in [-0.25, -0.2) is 9.97 Å². The van der Waals surface area contributed by atoms with E-state index in [4.69, 9.17) is 0 Å². The van der Waals surface area contributed by atoms with Gasteiger partial charge in [0.25, 0.3) is 0 Å². The number of hydrogen-bond donors (Lipinski definition) is 1. The molecule has 3 rings (SSSR count). The summed E-state index contributed by atoms with van der Waals surface area (Å²) in [6.45, 7) is 2.05. The summed E-state index contributed by atoms with van der Waals surface area (Å²) in [6.07, 6.45) is 3.38. The van der Waals surface area contributed by atoms with Gasteiger partial charge in [0.15, 0.2) is 0 Å². The van der Waals surface area contributed by atoms with Gasteiger partial charge in [0.2, 0.25) is 0 Å². The Hall–Kier alpha value is -1.94. The third-order valence-corrected chi connectivity index (χ3v) is 3.56. The molecular weight excluding hydrogens is 254 g/mol. The van der Waals surface area contributed by atoms with Crippen LogP contribution in [0.1, 0.15) is 22.2 Å². The molecule has 0 radical (unpaired) electrons. The molecule has 2 aromatic heterocycles. The van der Waals surface area contributed by atoms with Crippen molar-refractivity contribution in [1.82, 2.24) is 15.0 Å². The van der Waals surface area contributed by atoms with Crippen molar-refractivity contribution in [2.24, 2.45) is 0 Å². The van der Waals surface area contributed by atoms with Crippen LogP contribution in [0.3, 0.4) is 0 Å². The first-order chi connectivity index (χ1) is 9.25. The molecule has 3 aromatic rings. The van der Waals surface area contributed by atoms with Crippen molar-refractivity contribution in [2.45, 2.75) is 12.2 Å². The number of aromatic nitrogens is 3. The van der Waals surface area contributed by atoms with Crippen molar-refractivity contribution >= 4 is 23.5 Å². The van der Waals surface area contributed by atoms with Gasteiger partial charge in [-0.2, -0.15) is 12.6 Å². The Kier molecular flexibility index (Phi) is 3.17. The molecule has 19 heavy (non-hydrogen) atoms. The summed E-state index contributed by atoms with van der Waals surface area (Å²) in [4.78, 5) is 13.0. The largest absolute Gasteiger partial charge is 0.260 e. The third kappa shape index (κ3) is 2.31. The molecule has 0 N–H and O–H groups in total. The second kappa shape index (κ2) is 4.97. The first kappa shape index (κ1) is 12.1. The normalized spacial score (nSPS) is 12.5. The summed E-state index contributed by atoms with van der Waals surface area (Å²) in [5.74, 6) is 0. The van der Waals surface area contributed by atoms with Gasteiger partial charge in [-0.1, -0.05) is 18.2 Å². The van der Waals surface area contributed by atoms with Crippen molar-refractivity contribution in [1.29, 1.82) is 0 Å². The minimum absolute atomic E-state index is 0.146. The van der Waals surface area contributed by atoms with E-state index in [1.165, 1.54) is 5.56 Å². The number of benzene rings is 1. The highest BCUT2D eigenvalue weighted by Crippen LogP contribution is 2.30. The van der Waals surface area contributed by atoms with Crippen LogP contribution in [0.15, 0.2) is 48.9 Å². The maximum atomic E-state index is 4.68. The van der Waals surface area contributed by atoms with Gasteiger partial charge < -0.3 is 0 Å². The lowest BCUT2D eigenvalue weighted by Gasteiger charge is -2.12. The first-order valence-electron chi connectivity index (χ1n) is 6.06. The van der Waals surface area contributed by atoms with Crippen molar-refractivity contribution in [3.05, 3.63) is 65.9 Å². The number of hydrogen-bond acceptors (Lipinski definition) is 4. The molecule has 3 nitrogen and oxygen atoms in total. The van der Waals surface area contributed by atoms with Crippen LogP contribution in [0, 0.1) is 6.92 Å². The molecule has 0 spiro atoms. The predicted molar refractivity (Wildman–Crippen MR) is 79.3 cm³/mol. The third-order valence-electron chi connectivity index (χ3n) is 3.05. The summed E-state index contributed by atoms with van der Waals surface area (Å²) in [5, 5.41) is 0.876. The van der Waals surface area contributed by atoms with Gasteiger partial charge >= 0.3 is 0 Å². The molecule has 1 unspecified atom stereocenters. The zero-order chi connectivity index (χ0) is 13.2. The molecule has 0 saturated heterocycles. The number of rotatable bonds is 2. The number of aryl methyl sites for hydroxylation is 1. The van der Waals surface area contributed by atoms with E-state index < -0.39 is 0 Å². The van der Waals surface area contributed by atoms with Crippen molar-refractivity contribution < 1.29 is 0 Å². The fraction of sp³-hybridized carbons (Fsp3) is 0.133. The van der Waals surface area contributed by atoms with Crippen molar-refractivity contribution in [3.8, 4) is 0 Å². The molecule has 0 amide bonds. The number of fused-ring (bicyclic) bond motifs is 1. The lowest BCUT2D eigenvalue weighted by Crippen LogP contribution is -2.01. The lowest BCUT2D eigenvalue weighted by molar-refractivity contribution is 0.990. The van der Waals surface area contributed by atoms with Crippen LogP contribution in [0.25, 0.3) is 10.9 Å². The van der Waals surface area contributed by atoms with E-state index in [0.717, 1.165) is 22.3 Å². The Labute approximate surface area is 117 Å². The van der Waals surface area contributed by atoms with Gasteiger partial charge in [0.05, 0.1) is 22.2 Å². The molecule has 2 heterocycles. The molecule has 1 aromatic carbocycles. The average Bonchev–Trinajstić information content (AvgIpc) is 2.46. The highest BCUT2D eigenvalue weighted by Gasteiger charge is 2.15. The number of thiol groups is 1. The Balaban J connectivity index is 2.14. The van der Waals surface area contributed by atoms with Gasteiger partial charge in [0.1, 0.15) is 6.33 Å². The van der Waals surface area contributed by atoms with Crippen LogP contribution >= 0.6 is 12.6 Å².